The van der Waals surface area contributed by atoms with Crippen LogP contribution >= 0.6 is 11.3 Å². The van der Waals surface area contributed by atoms with Gasteiger partial charge in [-0.2, -0.15) is 11.3 Å². The highest BCUT2D eigenvalue weighted by molar-refractivity contribution is 7.07. The van der Waals surface area contributed by atoms with Crippen LogP contribution in [0.3, 0.4) is 0 Å². The Balaban J connectivity index is 2.24. The summed E-state index contributed by atoms with van der Waals surface area (Å²) >= 11 is 1.71. The molecule has 80 valence electrons. The first-order chi connectivity index (χ1) is 6.86. The molecule has 1 atom stereocenters. The molecule has 0 bridgehead atoms. The molecule has 0 saturated heterocycles. The van der Waals surface area contributed by atoms with E-state index in [2.05, 4.69) is 29.2 Å². The molecule has 3 nitrogen and oxygen atoms in total. The Labute approximate surface area is 89.2 Å². The highest BCUT2D eigenvalue weighted by Crippen LogP contribution is 2.08. The molecule has 0 aliphatic heterocycles. The SMILES string of the molecule is CCCOCC(Cc1ccsc1)NN. The first kappa shape index (κ1) is 11.7. The molecule has 0 radical (unpaired) electrons. The second-order valence-electron chi connectivity index (χ2n) is 3.27. The van der Waals surface area contributed by atoms with Gasteiger partial charge in [0, 0.05) is 12.6 Å². The van der Waals surface area contributed by atoms with Crippen LogP contribution in [0.2, 0.25) is 0 Å². The van der Waals surface area contributed by atoms with Crippen molar-refractivity contribution >= 4 is 11.3 Å². The zero-order valence-corrected chi connectivity index (χ0v) is 9.35. The zero-order chi connectivity index (χ0) is 10.2. The van der Waals surface area contributed by atoms with Crippen LogP contribution in [0.5, 0.6) is 0 Å². The largest absolute Gasteiger partial charge is 0.380 e. The van der Waals surface area contributed by atoms with Crippen LogP contribution in [0.25, 0.3) is 0 Å². The van der Waals surface area contributed by atoms with Gasteiger partial charge < -0.3 is 4.74 Å². The van der Waals surface area contributed by atoms with Crippen LogP contribution in [-0.4, -0.2) is 19.3 Å². The molecule has 0 fully saturated rings. The van der Waals surface area contributed by atoms with E-state index < -0.39 is 0 Å². The number of nitrogens with two attached hydrogens (primary N) is 1. The molecule has 1 heterocycles. The van der Waals surface area contributed by atoms with Crippen molar-refractivity contribution in [3.63, 3.8) is 0 Å². The number of rotatable bonds is 7. The van der Waals surface area contributed by atoms with Crippen molar-refractivity contribution in [2.75, 3.05) is 13.2 Å². The average molecular weight is 214 g/mol. The maximum absolute atomic E-state index is 5.45. The molecule has 1 aromatic rings. The Hall–Kier alpha value is -0.420. The lowest BCUT2D eigenvalue weighted by molar-refractivity contribution is 0.112. The van der Waals surface area contributed by atoms with E-state index in [1.54, 1.807) is 11.3 Å². The second kappa shape index (κ2) is 6.95. The normalized spacial score (nSPS) is 13.0. The number of hydrazine groups is 1. The van der Waals surface area contributed by atoms with Crippen LogP contribution in [0.1, 0.15) is 18.9 Å². The van der Waals surface area contributed by atoms with Crippen LogP contribution in [0.4, 0.5) is 0 Å². The molecule has 0 saturated carbocycles. The van der Waals surface area contributed by atoms with Crippen molar-refractivity contribution in [1.82, 2.24) is 5.43 Å². The average Bonchev–Trinajstić information content (AvgIpc) is 2.69. The van der Waals surface area contributed by atoms with E-state index in [1.165, 1.54) is 5.56 Å². The van der Waals surface area contributed by atoms with Crippen LogP contribution in [0, 0.1) is 0 Å². The Morgan fingerprint density at radius 2 is 2.50 bits per heavy atom. The van der Waals surface area contributed by atoms with E-state index in [4.69, 9.17) is 10.6 Å². The highest BCUT2D eigenvalue weighted by Gasteiger charge is 2.07. The lowest BCUT2D eigenvalue weighted by atomic mass is 10.1. The van der Waals surface area contributed by atoms with Gasteiger partial charge in [-0.15, -0.1) is 0 Å². The van der Waals surface area contributed by atoms with E-state index in [9.17, 15) is 0 Å². The maximum Gasteiger partial charge on any atom is 0.0636 e. The molecular weight excluding hydrogens is 196 g/mol. The van der Waals surface area contributed by atoms with Gasteiger partial charge in [0.05, 0.1) is 6.61 Å². The van der Waals surface area contributed by atoms with Gasteiger partial charge in [-0.25, -0.2) is 0 Å². The standard InChI is InChI=1S/C10H18N2OS/c1-2-4-13-7-10(12-11)6-9-3-5-14-8-9/h3,5,8,10,12H,2,4,6-7,11H2,1H3. The van der Waals surface area contributed by atoms with Gasteiger partial charge in [0.25, 0.3) is 0 Å². The number of hydrogen-bond donors (Lipinski definition) is 2. The van der Waals surface area contributed by atoms with Crippen LogP contribution < -0.4 is 11.3 Å². The van der Waals surface area contributed by atoms with Gasteiger partial charge in [0.2, 0.25) is 0 Å². The van der Waals surface area contributed by atoms with Crippen LogP contribution in [-0.2, 0) is 11.2 Å². The number of thiophene rings is 1. The summed E-state index contributed by atoms with van der Waals surface area (Å²) in [6, 6.07) is 2.34. The minimum absolute atomic E-state index is 0.219. The first-order valence-corrected chi connectivity index (χ1v) is 5.86. The molecular formula is C10H18N2OS. The minimum Gasteiger partial charge on any atom is -0.380 e. The van der Waals surface area contributed by atoms with Crippen molar-refractivity contribution in [2.45, 2.75) is 25.8 Å². The summed E-state index contributed by atoms with van der Waals surface area (Å²) < 4.78 is 5.45. The van der Waals surface area contributed by atoms with Gasteiger partial charge in [-0.3, -0.25) is 11.3 Å². The van der Waals surface area contributed by atoms with E-state index in [-0.39, 0.29) is 6.04 Å². The summed E-state index contributed by atoms with van der Waals surface area (Å²) in [7, 11) is 0. The Bertz CT molecular complexity index is 226. The molecule has 1 rings (SSSR count). The summed E-state index contributed by atoms with van der Waals surface area (Å²) in [6.45, 7) is 3.59. The van der Waals surface area contributed by atoms with Gasteiger partial charge in [0.15, 0.2) is 0 Å². The van der Waals surface area contributed by atoms with E-state index in [0.29, 0.717) is 6.61 Å². The molecule has 4 heteroatoms. The predicted octanol–water partition coefficient (Wildman–Crippen LogP) is 1.55. The Morgan fingerprint density at radius 3 is 3.07 bits per heavy atom. The summed E-state index contributed by atoms with van der Waals surface area (Å²) in [5.74, 6) is 5.44. The van der Waals surface area contributed by atoms with Gasteiger partial charge >= 0.3 is 0 Å². The van der Waals surface area contributed by atoms with Crippen molar-refractivity contribution in [1.29, 1.82) is 0 Å². The molecule has 0 aromatic carbocycles. The third kappa shape index (κ3) is 4.19. The van der Waals surface area contributed by atoms with E-state index >= 15 is 0 Å². The van der Waals surface area contributed by atoms with E-state index in [1.807, 2.05) is 0 Å². The first-order valence-electron chi connectivity index (χ1n) is 4.91. The third-order valence-electron chi connectivity index (χ3n) is 1.97. The molecule has 14 heavy (non-hydrogen) atoms. The van der Waals surface area contributed by atoms with Crippen molar-refractivity contribution < 1.29 is 4.74 Å². The number of nitrogens with one attached hydrogen (secondary N) is 1. The maximum atomic E-state index is 5.45. The Morgan fingerprint density at radius 1 is 1.64 bits per heavy atom. The molecule has 0 spiro atoms. The van der Waals surface area contributed by atoms with Crippen molar-refractivity contribution in [3.8, 4) is 0 Å². The summed E-state index contributed by atoms with van der Waals surface area (Å²) in [5, 5.41) is 4.22. The van der Waals surface area contributed by atoms with Gasteiger partial charge in [-0.1, -0.05) is 6.92 Å². The van der Waals surface area contributed by atoms with Crippen LogP contribution in [0.15, 0.2) is 16.8 Å². The summed E-state index contributed by atoms with van der Waals surface area (Å²) in [5.41, 5.74) is 4.10. The second-order valence-corrected chi connectivity index (χ2v) is 4.05. The quantitative estimate of drug-likeness (QED) is 0.411. The molecule has 1 unspecified atom stereocenters. The fourth-order valence-electron chi connectivity index (χ4n) is 1.23. The summed E-state index contributed by atoms with van der Waals surface area (Å²) in [6.07, 6.45) is 1.99. The smallest absolute Gasteiger partial charge is 0.0636 e. The zero-order valence-electron chi connectivity index (χ0n) is 8.53. The predicted molar refractivity (Wildman–Crippen MR) is 60.2 cm³/mol. The third-order valence-corrected chi connectivity index (χ3v) is 2.70. The fraction of sp³-hybridized carbons (Fsp3) is 0.600. The monoisotopic (exact) mass is 214 g/mol. The molecule has 0 amide bonds. The number of ether oxygens (including phenoxy) is 1. The topological polar surface area (TPSA) is 47.3 Å². The van der Waals surface area contributed by atoms with E-state index in [0.717, 1.165) is 19.4 Å². The molecule has 0 aliphatic rings. The molecule has 0 aliphatic carbocycles. The lowest BCUT2D eigenvalue weighted by Gasteiger charge is -2.14. The fourth-order valence-corrected chi connectivity index (χ4v) is 1.91. The highest BCUT2D eigenvalue weighted by atomic mass is 32.1. The van der Waals surface area contributed by atoms with Gasteiger partial charge in [-0.05, 0) is 35.2 Å². The molecule has 1 aromatic heterocycles. The van der Waals surface area contributed by atoms with Crippen molar-refractivity contribution in [3.05, 3.63) is 22.4 Å². The van der Waals surface area contributed by atoms with Crippen molar-refractivity contribution in [2.24, 2.45) is 5.84 Å². The Kier molecular flexibility index (Phi) is 5.78. The number of hydrogen-bond acceptors (Lipinski definition) is 4. The van der Waals surface area contributed by atoms with Gasteiger partial charge in [0.1, 0.15) is 0 Å². The lowest BCUT2D eigenvalue weighted by Crippen LogP contribution is -2.40. The summed E-state index contributed by atoms with van der Waals surface area (Å²) in [4.78, 5) is 0. The molecule has 3 N–H and O–H groups in total. The minimum atomic E-state index is 0.219.